The van der Waals surface area contributed by atoms with Crippen LogP contribution in [0.2, 0.25) is 0 Å². The van der Waals surface area contributed by atoms with E-state index in [1.807, 2.05) is 24.3 Å². The highest BCUT2D eigenvalue weighted by atomic mass is 16.3. The number of hydrogen-bond acceptors (Lipinski definition) is 4. The Morgan fingerprint density at radius 1 is 0.471 bits per heavy atom. The molecule has 1 N–H and O–H groups in total. The van der Waals surface area contributed by atoms with E-state index < -0.39 is 0 Å². The van der Waals surface area contributed by atoms with Gasteiger partial charge in [0.1, 0.15) is 23.2 Å². The lowest BCUT2D eigenvalue weighted by Crippen LogP contribution is -2.33. The van der Waals surface area contributed by atoms with Crippen LogP contribution in [0.1, 0.15) is 22.9 Å². The highest BCUT2D eigenvalue weighted by molar-refractivity contribution is 6.23. The fourth-order valence-corrected chi connectivity index (χ4v) is 7.52. The van der Waals surface area contributed by atoms with E-state index in [1.54, 1.807) is 0 Å². The summed E-state index contributed by atoms with van der Waals surface area (Å²) in [6.07, 6.45) is -0.280. The number of fused-ring (bicyclic) bond motifs is 5. The van der Waals surface area contributed by atoms with Crippen molar-refractivity contribution in [2.45, 2.75) is 6.17 Å². The van der Waals surface area contributed by atoms with Crippen molar-refractivity contribution in [2.24, 2.45) is 9.98 Å². The van der Waals surface area contributed by atoms with Crippen molar-refractivity contribution in [2.75, 3.05) is 0 Å². The molecule has 0 spiro atoms. The van der Waals surface area contributed by atoms with Gasteiger partial charge < -0.3 is 9.73 Å². The normalized spacial score (nSPS) is 14.5. The first-order valence-electron chi connectivity index (χ1n) is 17.3. The summed E-state index contributed by atoms with van der Waals surface area (Å²) in [4.78, 5) is 10.4. The summed E-state index contributed by atoms with van der Waals surface area (Å²) in [7, 11) is 0. The Bertz CT molecular complexity index is 2820. The topological polar surface area (TPSA) is 49.9 Å². The van der Waals surface area contributed by atoms with E-state index in [-0.39, 0.29) is 6.17 Å². The number of nitrogens with one attached hydrogen (secondary N) is 1. The number of hydrogen-bond donors (Lipinski definition) is 1. The smallest absolute Gasteiger partial charge is 0.160 e. The third-order valence-corrected chi connectivity index (χ3v) is 9.93. The minimum atomic E-state index is -0.280. The van der Waals surface area contributed by atoms with Crippen molar-refractivity contribution < 1.29 is 4.42 Å². The predicted octanol–water partition coefficient (Wildman–Crippen LogP) is 11.7. The van der Waals surface area contributed by atoms with Crippen molar-refractivity contribution in [1.29, 1.82) is 0 Å². The van der Waals surface area contributed by atoms with Gasteiger partial charge >= 0.3 is 0 Å². The Balaban J connectivity index is 1.24. The fourth-order valence-electron chi connectivity index (χ4n) is 7.52. The van der Waals surface area contributed by atoms with Gasteiger partial charge in [-0.05, 0) is 68.1 Å². The van der Waals surface area contributed by atoms with E-state index in [0.717, 1.165) is 82.9 Å². The van der Waals surface area contributed by atoms with Gasteiger partial charge in [-0.25, -0.2) is 9.98 Å². The molecule has 0 saturated carbocycles. The summed E-state index contributed by atoms with van der Waals surface area (Å²) in [6.45, 7) is 0. The molecule has 51 heavy (non-hydrogen) atoms. The standard InChI is InChI=1S/C47H31N3O/c1-4-14-30(15-5-1)35-26-27-41-44(40-28-33-20-10-11-21-34(33)29-42(40)51-41)43(35)38-24-25-39(37-23-13-12-22-36(37)38)47-49-45(31-16-6-2-7-17-31)48-46(50-47)32-18-8-3-9-19-32/h1-29,45H,(H,48,49,50). The predicted molar refractivity (Wildman–Crippen MR) is 211 cm³/mol. The molecule has 0 amide bonds. The van der Waals surface area contributed by atoms with Crippen LogP contribution < -0.4 is 5.32 Å². The van der Waals surface area contributed by atoms with Crippen molar-refractivity contribution in [3.63, 3.8) is 0 Å². The number of amidine groups is 2. The third-order valence-electron chi connectivity index (χ3n) is 9.93. The largest absolute Gasteiger partial charge is 0.456 e. The average molecular weight is 654 g/mol. The van der Waals surface area contributed by atoms with Gasteiger partial charge in [-0.2, -0.15) is 0 Å². The zero-order valence-electron chi connectivity index (χ0n) is 27.6. The van der Waals surface area contributed by atoms with Gasteiger partial charge in [0, 0.05) is 27.5 Å². The Kier molecular flexibility index (Phi) is 6.85. The second-order valence-corrected chi connectivity index (χ2v) is 13.0. The number of benzene rings is 8. The van der Waals surface area contributed by atoms with Crippen LogP contribution in [-0.4, -0.2) is 11.7 Å². The number of aliphatic imine (C=N–C) groups is 2. The van der Waals surface area contributed by atoms with Crippen LogP contribution in [0.25, 0.3) is 65.7 Å². The molecule has 2 heterocycles. The maximum atomic E-state index is 6.61. The fraction of sp³-hybridized carbons (Fsp3) is 0.0213. The van der Waals surface area contributed by atoms with Crippen LogP contribution in [0.15, 0.2) is 190 Å². The zero-order valence-corrected chi connectivity index (χ0v) is 27.6. The van der Waals surface area contributed by atoms with Crippen molar-refractivity contribution in [3.8, 4) is 22.3 Å². The molecular formula is C47H31N3O. The minimum absolute atomic E-state index is 0.280. The molecule has 9 aromatic rings. The highest BCUT2D eigenvalue weighted by Crippen LogP contribution is 2.46. The Morgan fingerprint density at radius 3 is 1.80 bits per heavy atom. The van der Waals surface area contributed by atoms with Gasteiger partial charge in [0.05, 0.1) is 0 Å². The molecule has 1 aliphatic heterocycles. The van der Waals surface area contributed by atoms with E-state index >= 15 is 0 Å². The Morgan fingerprint density at radius 2 is 1.06 bits per heavy atom. The van der Waals surface area contributed by atoms with Gasteiger partial charge in [-0.1, -0.05) is 152 Å². The molecule has 1 unspecified atom stereocenters. The first-order chi connectivity index (χ1) is 25.3. The molecular weight excluding hydrogens is 623 g/mol. The Labute approximate surface area is 295 Å². The van der Waals surface area contributed by atoms with Gasteiger partial charge in [0.2, 0.25) is 0 Å². The quantitative estimate of drug-likeness (QED) is 0.201. The molecule has 4 heteroatoms. The summed E-state index contributed by atoms with van der Waals surface area (Å²) >= 11 is 0. The molecule has 10 rings (SSSR count). The lowest BCUT2D eigenvalue weighted by Gasteiger charge is -2.24. The monoisotopic (exact) mass is 653 g/mol. The second kappa shape index (κ2) is 12.0. The molecule has 240 valence electrons. The summed E-state index contributed by atoms with van der Waals surface area (Å²) < 4.78 is 6.61. The van der Waals surface area contributed by atoms with Crippen LogP contribution in [0.5, 0.6) is 0 Å². The van der Waals surface area contributed by atoms with E-state index in [0.29, 0.717) is 5.84 Å². The number of nitrogens with zero attached hydrogens (tertiary/aromatic N) is 2. The molecule has 0 bridgehead atoms. The second-order valence-electron chi connectivity index (χ2n) is 13.0. The summed E-state index contributed by atoms with van der Waals surface area (Å²) in [5, 5.41) is 10.4. The molecule has 1 aromatic heterocycles. The summed E-state index contributed by atoms with van der Waals surface area (Å²) in [5.74, 6) is 1.50. The van der Waals surface area contributed by atoms with Crippen LogP contribution >= 0.6 is 0 Å². The van der Waals surface area contributed by atoms with E-state index in [9.17, 15) is 0 Å². The minimum Gasteiger partial charge on any atom is -0.456 e. The molecule has 1 aliphatic rings. The number of furan rings is 1. The summed E-state index contributed by atoms with van der Waals surface area (Å²) in [6, 6.07) is 61.6. The molecule has 0 aliphatic carbocycles. The molecule has 0 radical (unpaired) electrons. The van der Waals surface area contributed by atoms with E-state index in [2.05, 4.69) is 157 Å². The SMILES string of the molecule is c1ccc(C2=NC(c3ccc(-c4c(-c5ccccc5)ccc5oc6cc7ccccc7cc6c45)c4ccccc34)=NC(c3ccccc3)N2)cc1. The van der Waals surface area contributed by atoms with Crippen molar-refractivity contribution in [3.05, 3.63) is 193 Å². The number of rotatable bonds is 5. The Hall–Kier alpha value is -6.78. The first-order valence-corrected chi connectivity index (χ1v) is 17.3. The van der Waals surface area contributed by atoms with Crippen molar-refractivity contribution in [1.82, 2.24) is 5.32 Å². The van der Waals surface area contributed by atoms with Gasteiger partial charge in [-0.15, -0.1) is 0 Å². The van der Waals surface area contributed by atoms with E-state index in [4.69, 9.17) is 14.4 Å². The zero-order chi connectivity index (χ0) is 33.7. The molecule has 0 fully saturated rings. The van der Waals surface area contributed by atoms with Crippen molar-refractivity contribution >= 4 is 55.2 Å². The van der Waals surface area contributed by atoms with Gasteiger partial charge in [0.15, 0.2) is 5.84 Å². The molecule has 1 atom stereocenters. The maximum absolute atomic E-state index is 6.61. The molecule has 4 nitrogen and oxygen atoms in total. The van der Waals surface area contributed by atoms with Crippen LogP contribution in [0, 0.1) is 0 Å². The highest BCUT2D eigenvalue weighted by Gasteiger charge is 2.24. The lowest BCUT2D eigenvalue weighted by molar-refractivity contribution is 0.669. The maximum Gasteiger partial charge on any atom is 0.160 e. The molecule has 0 saturated heterocycles. The van der Waals surface area contributed by atoms with Crippen LogP contribution in [0.3, 0.4) is 0 Å². The van der Waals surface area contributed by atoms with E-state index in [1.165, 1.54) is 5.39 Å². The lowest BCUT2D eigenvalue weighted by atomic mass is 9.87. The summed E-state index contributed by atoms with van der Waals surface area (Å²) in [5.41, 5.74) is 9.44. The first kappa shape index (κ1) is 29.2. The average Bonchev–Trinajstić information content (AvgIpc) is 3.57. The third kappa shape index (κ3) is 5.00. The molecule has 8 aromatic carbocycles. The van der Waals surface area contributed by atoms with Gasteiger partial charge in [-0.3, -0.25) is 0 Å². The van der Waals surface area contributed by atoms with Gasteiger partial charge in [0.25, 0.3) is 0 Å². The van der Waals surface area contributed by atoms with Crippen LogP contribution in [0.4, 0.5) is 0 Å². The van der Waals surface area contributed by atoms with Crippen LogP contribution in [-0.2, 0) is 0 Å².